The molecule has 2 N–H and O–H groups in total. The number of hydrogen-bond donors (Lipinski definition) is 2. The minimum Gasteiger partial charge on any atom is -0.495 e. The number of ether oxygens (including phenoxy) is 1. The predicted octanol–water partition coefficient (Wildman–Crippen LogP) is 3.19. The van der Waals surface area contributed by atoms with E-state index in [1.165, 1.54) is 25.3 Å². The lowest BCUT2D eigenvalue weighted by Gasteiger charge is -2.10. The molecular weight excluding hydrogens is 312 g/mol. The van der Waals surface area contributed by atoms with Crippen LogP contribution in [0, 0.1) is 0 Å². The van der Waals surface area contributed by atoms with Gasteiger partial charge in [-0.15, -0.1) is 0 Å². The Morgan fingerprint density at radius 1 is 1.05 bits per heavy atom. The summed E-state index contributed by atoms with van der Waals surface area (Å²) in [7, 11) is -0.392. The number of hydrogen-bond acceptors (Lipinski definition) is 4. The van der Waals surface area contributed by atoms with Crippen molar-refractivity contribution >= 4 is 33.0 Å². The summed E-state index contributed by atoms with van der Waals surface area (Å²) in [5.74, 6) is 0.484. The summed E-state index contributed by atoms with van der Waals surface area (Å²) >= 11 is 5.98. The van der Waals surface area contributed by atoms with E-state index in [0.29, 0.717) is 16.5 Å². The van der Waals surface area contributed by atoms with Crippen molar-refractivity contribution in [1.82, 2.24) is 0 Å². The van der Waals surface area contributed by atoms with E-state index < -0.39 is 10.0 Å². The summed E-state index contributed by atoms with van der Waals surface area (Å²) in [5, 5.41) is 3.27. The van der Waals surface area contributed by atoms with Crippen LogP contribution in [0.5, 0.6) is 5.75 Å². The number of nitrogens with one attached hydrogen (secondary N) is 2. The third kappa shape index (κ3) is 3.59. The molecule has 0 amide bonds. The maximum absolute atomic E-state index is 12.3. The van der Waals surface area contributed by atoms with Crippen molar-refractivity contribution in [2.75, 3.05) is 24.2 Å². The van der Waals surface area contributed by atoms with Crippen molar-refractivity contribution in [2.24, 2.45) is 0 Å². The van der Waals surface area contributed by atoms with Gasteiger partial charge in [-0.2, -0.15) is 0 Å². The molecule has 0 radical (unpaired) electrons. The molecule has 2 aromatic rings. The number of benzene rings is 2. The van der Waals surface area contributed by atoms with Gasteiger partial charge in [0.1, 0.15) is 5.75 Å². The van der Waals surface area contributed by atoms with Gasteiger partial charge >= 0.3 is 0 Å². The van der Waals surface area contributed by atoms with Gasteiger partial charge in [-0.3, -0.25) is 4.72 Å². The molecule has 0 spiro atoms. The van der Waals surface area contributed by atoms with E-state index in [1.807, 2.05) is 0 Å². The fourth-order valence-corrected chi connectivity index (χ4v) is 3.05. The van der Waals surface area contributed by atoms with Gasteiger partial charge in [-0.05, 0) is 42.5 Å². The Hall–Kier alpha value is -1.92. The maximum Gasteiger partial charge on any atom is 0.261 e. The molecule has 2 rings (SSSR count). The maximum atomic E-state index is 12.3. The first-order valence-electron chi connectivity index (χ1n) is 6.10. The highest BCUT2D eigenvalue weighted by atomic mass is 35.5. The van der Waals surface area contributed by atoms with Crippen LogP contribution in [0.3, 0.4) is 0 Å². The van der Waals surface area contributed by atoms with Gasteiger partial charge in [-0.25, -0.2) is 8.42 Å². The lowest BCUT2D eigenvalue weighted by atomic mass is 10.3. The van der Waals surface area contributed by atoms with E-state index in [1.54, 1.807) is 31.3 Å². The lowest BCUT2D eigenvalue weighted by Crippen LogP contribution is -2.12. The Kier molecular flexibility index (Phi) is 4.59. The van der Waals surface area contributed by atoms with Gasteiger partial charge in [0.25, 0.3) is 10.0 Å². The highest BCUT2D eigenvalue weighted by Gasteiger charge is 2.14. The van der Waals surface area contributed by atoms with Crippen molar-refractivity contribution in [3.05, 3.63) is 47.5 Å². The average Bonchev–Trinajstić information content (AvgIpc) is 2.47. The predicted molar refractivity (Wildman–Crippen MR) is 84.8 cm³/mol. The molecule has 0 unspecified atom stereocenters. The second-order valence-electron chi connectivity index (χ2n) is 4.23. The van der Waals surface area contributed by atoms with Crippen molar-refractivity contribution in [2.45, 2.75) is 4.90 Å². The topological polar surface area (TPSA) is 67.4 Å². The molecule has 0 bridgehead atoms. The van der Waals surface area contributed by atoms with Gasteiger partial charge in [0.05, 0.1) is 22.7 Å². The van der Waals surface area contributed by atoms with Crippen LogP contribution in [-0.4, -0.2) is 22.6 Å². The highest BCUT2D eigenvalue weighted by molar-refractivity contribution is 7.92. The summed E-state index contributed by atoms with van der Waals surface area (Å²) < 4.78 is 32.0. The van der Waals surface area contributed by atoms with Crippen molar-refractivity contribution < 1.29 is 13.2 Å². The normalized spacial score (nSPS) is 11.0. The number of methoxy groups -OCH3 is 1. The first-order chi connectivity index (χ1) is 9.96. The second-order valence-corrected chi connectivity index (χ2v) is 6.32. The van der Waals surface area contributed by atoms with Crippen LogP contribution in [0.1, 0.15) is 0 Å². The number of halogens is 1. The minimum absolute atomic E-state index is 0.174. The molecule has 0 aliphatic rings. The fraction of sp³-hybridized carbons (Fsp3) is 0.143. The molecule has 21 heavy (non-hydrogen) atoms. The van der Waals surface area contributed by atoms with E-state index in [4.69, 9.17) is 16.3 Å². The molecule has 0 saturated carbocycles. The van der Waals surface area contributed by atoms with Gasteiger partial charge in [0, 0.05) is 12.7 Å². The molecule has 0 saturated heterocycles. The Labute approximate surface area is 128 Å². The molecule has 0 atom stereocenters. The molecule has 0 aliphatic carbocycles. The monoisotopic (exact) mass is 326 g/mol. The Balaban J connectivity index is 2.26. The summed E-state index contributed by atoms with van der Waals surface area (Å²) in [4.78, 5) is 0.174. The third-order valence-electron chi connectivity index (χ3n) is 2.86. The number of sulfonamides is 1. The molecule has 7 heteroatoms. The molecule has 5 nitrogen and oxygen atoms in total. The van der Waals surface area contributed by atoms with Crippen molar-refractivity contribution in [3.8, 4) is 5.75 Å². The van der Waals surface area contributed by atoms with Gasteiger partial charge in [0.2, 0.25) is 0 Å². The summed E-state index contributed by atoms with van der Waals surface area (Å²) in [5.41, 5.74) is 1.21. The van der Waals surface area contributed by atoms with Crippen LogP contribution < -0.4 is 14.8 Å². The molecular formula is C14H15ClN2O3S. The summed E-state index contributed by atoms with van der Waals surface area (Å²) in [6, 6.07) is 11.1. The van der Waals surface area contributed by atoms with Gasteiger partial charge in [-0.1, -0.05) is 11.6 Å². The van der Waals surface area contributed by atoms with Gasteiger partial charge < -0.3 is 10.1 Å². The van der Waals surface area contributed by atoms with E-state index >= 15 is 0 Å². The molecule has 0 heterocycles. The minimum atomic E-state index is -3.65. The Morgan fingerprint density at radius 2 is 1.67 bits per heavy atom. The Bertz CT molecular complexity index is 730. The average molecular weight is 327 g/mol. The van der Waals surface area contributed by atoms with E-state index in [9.17, 15) is 8.42 Å². The van der Waals surface area contributed by atoms with Crippen LogP contribution in [0.15, 0.2) is 47.4 Å². The first kappa shape index (κ1) is 15.5. The quantitative estimate of drug-likeness (QED) is 0.885. The van der Waals surface area contributed by atoms with Crippen LogP contribution in [-0.2, 0) is 10.0 Å². The van der Waals surface area contributed by atoms with Crippen LogP contribution >= 0.6 is 11.6 Å². The molecule has 0 aromatic heterocycles. The zero-order chi connectivity index (χ0) is 15.5. The molecule has 112 valence electrons. The standard InChI is InChI=1S/C14H15ClN2O3S/c1-16-10-3-6-12(7-4-10)21(18,19)17-11-5-8-14(20-2)13(15)9-11/h3-9,16-17H,1-2H3. The second kappa shape index (κ2) is 6.24. The first-order valence-corrected chi connectivity index (χ1v) is 7.96. The summed E-state index contributed by atoms with van der Waals surface area (Å²) in [6.45, 7) is 0. The van der Waals surface area contributed by atoms with Crippen molar-refractivity contribution in [3.63, 3.8) is 0 Å². The fourth-order valence-electron chi connectivity index (χ4n) is 1.74. The molecule has 0 fully saturated rings. The van der Waals surface area contributed by atoms with Gasteiger partial charge in [0.15, 0.2) is 0 Å². The van der Waals surface area contributed by atoms with E-state index in [2.05, 4.69) is 10.0 Å². The zero-order valence-electron chi connectivity index (χ0n) is 11.6. The highest BCUT2D eigenvalue weighted by Crippen LogP contribution is 2.28. The zero-order valence-corrected chi connectivity index (χ0v) is 13.1. The van der Waals surface area contributed by atoms with Crippen LogP contribution in [0.4, 0.5) is 11.4 Å². The Morgan fingerprint density at radius 3 is 2.19 bits per heavy atom. The van der Waals surface area contributed by atoms with Crippen LogP contribution in [0.2, 0.25) is 5.02 Å². The van der Waals surface area contributed by atoms with E-state index in [0.717, 1.165) is 5.69 Å². The summed E-state index contributed by atoms with van der Waals surface area (Å²) in [6.07, 6.45) is 0. The lowest BCUT2D eigenvalue weighted by molar-refractivity contribution is 0.415. The van der Waals surface area contributed by atoms with Crippen LogP contribution in [0.25, 0.3) is 0 Å². The van der Waals surface area contributed by atoms with Crippen molar-refractivity contribution in [1.29, 1.82) is 0 Å². The SMILES string of the molecule is CNc1ccc(S(=O)(=O)Nc2ccc(OC)c(Cl)c2)cc1. The molecule has 0 aliphatic heterocycles. The number of rotatable bonds is 5. The molecule has 2 aromatic carbocycles. The third-order valence-corrected chi connectivity index (χ3v) is 4.55. The number of anilines is 2. The van der Waals surface area contributed by atoms with E-state index in [-0.39, 0.29) is 4.90 Å². The smallest absolute Gasteiger partial charge is 0.261 e. The largest absolute Gasteiger partial charge is 0.495 e.